The number of benzene rings is 3. The van der Waals surface area contributed by atoms with E-state index in [0.29, 0.717) is 77.4 Å². The van der Waals surface area contributed by atoms with Crippen molar-refractivity contribution in [3.05, 3.63) is 263 Å². The van der Waals surface area contributed by atoms with Crippen molar-refractivity contribution < 1.29 is 83.8 Å². The molecule has 6 aromatic heterocycles. The first-order valence-corrected chi connectivity index (χ1v) is 31.8. The molecular weight excluding hydrogens is 1350 g/mol. The quantitative estimate of drug-likeness (QED) is 0.0226. The molecule has 24 nitrogen and oxygen atoms in total. The van der Waals surface area contributed by atoms with Crippen molar-refractivity contribution in [1.29, 1.82) is 0 Å². The highest BCUT2D eigenvalue weighted by atomic mass is 19.4. The number of aromatic nitrogens is 6. The molecule has 30 heteroatoms. The van der Waals surface area contributed by atoms with E-state index in [0.717, 1.165) is 48.7 Å². The number of ether oxygens (including phenoxy) is 6. The van der Waals surface area contributed by atoms with Gasteiger partial charge in [-0.15, -0.1) is 0 Å². The molecule has 3 aliphatic rings. The monoisotopic (exact) mass is 1420 g/mol. The fourth-order valence-corrected chi connectivity index (χ4v) is 9.63. The number of carbonyl (C=O) groups is 5. The molecule has 2 unspecified atom stereocenters. The van der Waals surface area contributed by atoms with Crippen LogP contribution in [0.4, 0.5) is 26.3 Å². The maximum atomic E-state index is 13.7. The molecule has 9 aromatic rings. The number of hydrogen-bond donors (Lipinski definition) is 5. The van der Waals surface area contributed by atoms with Gasteiger partial charge in [-0.2, -0.15) is 26.3 Å². The maximum Gasteiger partial charge on any atom is 0.490 e. The first-order chi connectivity index (χ1) is 49.8. The Kier molecular flexibility index (Phi) is 31.5. The molecule has 3 aromatic carbocycles. The smallest absolute Gasteiger partial charge is 0.475 e. The van der Waals surface area contributed by atoms with Crippen LogP contribution >= 0.6 is 0 Å². The number of nitrogens with zero attached hydrogens (tertiary/aromatic N) is 8. The lowest BCUT2D eigenvalue weighted by molar-refractivity contribution is -0.192. The summed E-state index contributed by atoms with van der Waals surface area (Å²) >= 11 is 0. The van der Waals surface area contributed by atoms with Crippen molar-refractivity contribution in [2.75, 3.05) is 59.6 Å². The van der Waals surface area contributed by atoms with Crippen LogP contribution in [-0.4, -0.2) is 142 Å². The number of aldehydes is 1. The largest absolute Gasteiger partial charge is 0.490 e. The summed E-state index contributed by atoms with van der Waals surface area (Å²) in [6, 6.07) is 35.6. The van der Waals surface area contributed by atoms with Gasteiger partial charge in [0.15, 0.2) is 34.5 Å². The number of amides is 3. The number of nitrogens with one attached hydrogen (secondary N) is 3. The lowest BCUT2D eigenvalue weighted by Crippen LogP contribution is -2.49. The number of carboxylic acids is 1. The van der Waals surface area contributed by atoms with Gasteiger partial charge in [0.25, 0.3) is 0 Å². The van der Waals surface area contributed by atoms with Crippen LogP contribution in [0.3, 0.4) is 0 Å². The second-order valence-electron chi connectivity index (χ2n) is 21.9. The van der Waals surface area contributed by atoms with Crippen LogP contribution in [0.15, 0.2) is 202 Å². The van der Waals surface area contributed by atoms with Gasteiger partial charge in [-0.1, -0.05) is 12.1 Å². The van der Waals surface area contributed by atoms with Crippen molar-refractivity contribution in [2.24, 2.45) is 5.73 Å². The number of pyridine rings is 6. The van der Waals surface area contributed by atoms with E-state index in [4.69, 9.17) is 50.6 Å². The first-order valence-electron chi connectivity index (χ1n) is 31.8. The Balaban J connectivity index is 0.000000195. The molecule has 103 heavy (non-hydrogen) atoms. The predicted molar refractivity (Wildman–Crippen MR) is 362 cm³/mol. The van der Waals surface area contributed by atoms with Crippen molar-refractivity contribution >= 4 is 30.0 Å². The van der Waals surface area contributed by atoms with Crippen molar-refractivity contribution in [3.63, 3.8) is 0 Å². The first kappa shape index (κ1) is 78.2. The van der Waals surface area contributed by atoms with Crippen LogP contribution in [0.1, 0.15) is 66.9 Å². The van der Waals surface area contributed by atoms with Crippen LogP contribution in [0.2, 0.25) is 0 Å². The fraction of sp³-hybridized carbons (Fsp3) is 0.260. The molecule has 12 rings (SSSR count). The third kappa shape index (κ3) is 26.8. The summed E-state index contributed by atoms with van der Waals surface area (Å²) in [5, 5.41) is 16.2. The zero-order valence-corrected chi connectivity index (χ0v) is 55.3. The Morgan fingerprint density at radius 1 is 0.485 bits per heavy atom. The molecule has 2 atom stereocenters. The SMILES string of the molecule is NCCc1ccncc1.O=C(NCCc1ccncc1)C(NCCc1ccncc1)c1ccc2c(c1)OCO2.O=C(NCCc1ccncc1)C(c1ccc2c(c1)OCO2)N(CCc1ccncc1)C(=O)C(F)(F)F.O=C(O)C(F)(F)F.O=Cc1ccc2c(c1)OCO2.[C-]#[N+]CCc1ccncc1. The van der Waals surface area contributed by atoms with Gasteiger partial charge < -0.3 is 65.0 Å². The van der Waals surface area contributed by atoms with Gasteiger partial charge in [-0.25, -0.2) is 11.4 Å². The number of carbonyl (C=O) groups excluding carboxylic acids is 4. The normalized spacial score (nSPS) is 12.3. The van der Waals surface area contributed by atoms with E-state index in [1.165, 1.54) is 47.3 Å². The summed E-state index contributed by atoms with van der Waals surface area (Å²) < 4.78 is 104. The average molecular weight is 1420 g/mol. The predicted octanol–water partition coefficient (Wildman–Crippen LogP) is 9.66. The summed E-state index contributed by atoms with van der Waals surface area (Å²) in [4.78, 5) is 85.6. The van der Waals surface area contributed by atoms with E-state index >= 15 is 0 Å². The van der Waals surface area contributed by atoms with Gasteiger partial charge >= 0.3 is 24.2 Å². The standard InChI is InChI=1S/C25H23F3N4O4.C23H24N4O3.C8H8N2.C8H6O3.C7H10N2.C2HF3O2/c26-25(27,28)24(34)32(14-8-18-5-11-30-12-6-18)22(19-1-2-20-21(15-19)36-16-35-20)23(33)31-13-7-17-3-9-29-10-4-17;28-23(27-14-8-18-5-11-25-12-6-18)22(26-13-7-17-3-9-24-10-4-17)19-1-2-20-21(15-19)30-16-29-20;1-9-5-2-8-3-6-10-7-4-8;9-4-6-1-2-7-8(3-6)11-5-10-7;8-4-1-7-2-5-9-6-3-7;3-2(4,5)1(6)7/h1-6,9-12,15,22H,7-8,13-14,16H2,(H,31,33);1-6,9-12,15,22,26H,7-8,13-14,16H2,(H,27,28);3-4,6-7H,2,5H2;1-4H,5H2;2-3,5-6H,1,4,8H2;(H,6,7). The number of fused-ring (bicyclic) bond motifs is 3. The van der Waals surface area contributed by atoms with Crippen molar-refractivity contribution in [3.8, 4) is 34.5 Å². The minimum atomic E-state index is -5.18. The average Bonchev–Trinajstić information content (AvgIpc) is 1.70. The van der Waals surface area contributed by atoms with Crippen LogP contribution in [0, 0.1) is 6.57 Å². The summed E-state index contributed by atoms with van der Waals surface area (Å²) in [5.41, 5.74) is 13.3. The lowest BCUT2D eigenvalue weighted by Gasteiger charge is -2.32. The molecule has 0 saturated heterocycles. The lowest BCUT2D eigenvalue weighted by atomic mass is 10.0. The second kappa shape index (κ2) is 41.5. The molecule has 9 heterocycles. The molecule has 3 aliphatic heterocycles. The maximum absolute atomic E-state index is 13.7. The molecular formula is C73H72F6N12O12. The van der Waals surface area contributed by atoms with Gasteiger partial charge in [0.1, 0.15) is 18.4 Å². The second-order valence-corrected chi connectivity index (χ2v) is 21.9. The number of carboxylic acid groups (broad SMARTS) is 1. The zero-order valence-electron chi connectivity index (χ0n) is 55.3. The van der Waals surface area contributed by atoms with Crippen LogP contribution in [0.5, 0.6) is 34.5 Å². The summed E-state index contributed by atoms with van der Waals surface area (Å²) in [6.07, 6.45) is 14.7. The highest BCUT2D eigenvalue weighted by Crippen LogP contribution is 2.38. The molecule has 0 bridgehead atoms. The third-order valence-corrected chi connectivity index (χ3v) is 14.8. The van der Waals surface area contributed by atoms with E-state index in [9.17, 15) is 45.5 Å². The minimum Gasteiger partial charge on any atom is -0.475 e. The topological polar surface area (TPSA) is 308 Å². The van der Waals surface area contributed by atoms with E-state index < -0.39 is 42.2 Å². The van der Waals surface area contributed by atoms with E-state index in [1.807, 2.05) is 66.7 Å². The summed E-state index contributed by atoms with van der Waals surface area (Å²) in [5.74, 6) is -2.27. The number of alkyl halides is 6. The van der Waals surface area contributed by atoms with E-state index in [-0.39, 0.29) is 57.1 Å². The summed E-state index contributed by atoms with van der Waals surface area (Å²) in [6.45, 7) is 9.27. The minimum absolute atomic E-state index is 0.0468. The van der Waals surface area contributed by atoms with Gasteiger partial charge in [0.05, 0.1) is 0 Å². The van der Waals surface area contributed by atoms with Crippen molar-refractivity contribution in [2.45, 2.75) is 63.0 Å². The Labute approximate surface area is 588 Å². The van der Waals surface area contributed by atoms with Crippen LogP contribution in [-0.2, 0) is 57.7 Å². The molecule has 0 radical (unpaired) electrons. The zero-order chi connectivity index (χ0) is 73.7. The van der Waals surface area contributed by atoms with Gasteiger partial charge in [0.2, 0.25) is 38.7 Å². The van der Waals surface area contributed by atoms with Crippen molar-refractivity contribution in [1.82, 2.24) is 50.8 Å². The fourth-order valence-electron chi connectivity index (χ4n) is 9.63. The van der Waals surface area contributed by atoms with E-state index in [1.54, 1.807) is 104 Å². The number of halogens is 6. The highest BCUT2D eigenvalue weighted by Gasteiger charge is 2.47. The molecule has 0 aliphatic carbocycles. The molecule has 538 valence electrons. The van der Waals surface area contributed by atoms with Gasteiger partial charge in [0, 0.05) is 113 Å². The number of nitrogens with two attached hydrogens (primary N) is 1. The van der Waals surface area contributed by atoms with Gasteiger partial charge in [-0.3, -0.25) is 49.1 Å². The Bertz CT molecular complexity index is 4130. The number of rotatable bonds is 23. The van der Waals surface area contributed by atoms with Crippen LogP contribution in [0.25, 0.3) is 4.85 Å². The molecule has 0 fully saturated rings. The Hall–Kier alpha value is -12.1. The number of hydrogen-bond acceptors (Lipinski definition) is 19. The molecule has 3 amide bonds. The third-order valence-electron chi connectivity index (χ3n) is 14.8. The Morgan fingerprint density at radius 3 is 1.25 bits per heavy atom. The highest BCUT2D eigenvalue weighted by molar-refractivity contribution is 5.91. The van der Waals surface area contributed by atoms with Crippen LogP contribution < -0.4 is 50.1 Å². The number of aliphatic carboxylic acids is 1. The molecule has 6 N–H and O–H groups in total. The summed E-state index contributed by atoms with van der Waals surface area (Å²) in [7, 11) is 0. The van der Waals surface area contributed by atoms with Gasteiger partial charge in [-0.05, 0) is 198 Å². The molecule has 0 spiro atoms. The molecule has 0 saturated carbocycles. The van der Waals surface area contributed by atoms with E-state index in [2.05, 4.69) is 50.7 Å². The Morgan fingerprint density at radius 2 is 0.845 bits per heavy atom.